The van der Waals surface area contributed by atoms with Crippen LogP contribution in [0.1, 0.15) is 38.3 Å². The summed E-state index contributed by atoms with van der Waals surface area (Å²) >= 11 is 1.04. The van der Waals surface area contributed by atoms with Crippen molar-refractivity contribution >= 4 is 35.0 Å². The molecule has 1 aliphatic heterocycles. The summed E-state index contributed by atoms with van der Waals surface area (Å²) in [4.78, 5) is 22.2. The van der Waals surface area contributed by atoms with Gasteiger partial charge in [0, 0.05) is 0 Å². The van der Waals surface area contributed by atoms with Crippen LogP contribution in [0.3, 0.4) is 0 Å². The molecule has 7 nitrogen and oxygen atoms in total. The van der Waals surface area contributed by atoms with E-state index in [1.807, 2.05) is 32.9 Å². The second kappa shape index (κ2) is 7.04. The van der Waals surface area contributed by atoms with Crippen molar-refractivity contribution in [3.8, 4) is 5.75 Å². The van der Waals surface area contributed by atoms with Crippen LogP contribution in [-0.4, -0.2) is 38.7 Å². The first-order chi connectivity index (χ1) is 11.2. The van der Waals surface area contributed by atoms with Gasteiger partial charge in [-0.15, -0.1) is 5.10 Å². The molecule has 24 heavy (non-hydrogen) atoms. The molecule has 3 N–H and O–H groups in total. The molecule has 128 valence electrons. The number of aromatic hydroxyl groups is 1. The van der Waals surface area contributed by atoms with E-state index in [2.05, 4.69) is 15.5 Å². The SMILES string of the molecule is CC(C)(C)c1ccc(/C=N/N=C2\NC(=O)C(CC(=O)O)S2)cc1O. The Morgan fingerprint density at radius 3 is 2.71 bits per heavy atom. The summed E-state index contributed by atoms with van der Waals surface area (Å²) in [6.45, 7) is 6.03. The van der Waals surface area contributed by atoms with Gasteiger partial charge in [0.2, 0.25) is 5.91 Å². The van der Waals surface area contributed by atoms with Crippen molar-refractivity contribution in [2.75, 3.05) is 0 Å². The zero-order chi connectivity index (χ0) is 17.9. The number of carbonyl (C=O) groups excluding carboxylic acids is 1. The first-order valence-corrected chi connectivity index (χ1v) is 8.18. The molecular weight excluding hydrogens is 330 g/mol. The van der Waals surface area contributed by atoms with E-state index in [9.17, 15) is 14.7 Å². The Labute approximate surface area is 143 Å². The zero-order valence-corrected chi connectivity index (χ0v) is 14.4. The summed E-state index contributed by atoms with van der Waals surface area (Å²) in [6, 6.07) is 5.24. The number of amidine groups is 1. The first kappa shape index (κ1) is 18.0. The Balaban J connectivity index is 2.06. The number of carbonyl (C=O) groups is 2. The number of hydrogen-bond acceptors (Lipinski definition) is 6. The number of hydrogen-bond donors (Lipinski definition) is 3. The van der Waals surface area contributed by atoms with Crippen molar-refractivity contribution in [2.45, 2.75) is 37.9 Å². The maximum absolute atomic E-state index is 11.6. The minimum absolute atomic E-state index is 0.163. The Hall–Kier alpha value is -2.35. The summed E-state index contributed by atoms with van der Waals surface area (Å²) in [5, 5.41) is 28.6. The zero-order valence-electron chi connectivity index (χ0n) is 13.6. The van der Waals surface area contributed by atoms with Gasteiger partial charge in [0.1, 0.15) is 11.0 Å². The lowest BCUT2D eigenvalue weighted by atomic mass is 9.86. The fourth-order valence-corrected chi connectivity index (χ4v) is 3.07. The molecule has 1 fully saturated rings. The lowest BCUT2D eigenvalue weighted by Crippen LogP contribution is -2.26. The topological polar surface area (TPSA) is 111 Å². The van der Waals surface area contributed by atoms with Gasteiger partial charge in [0.05, 0.1) is 12.6 Å². The highest BCUT2D eigenvalue weighted by molar-refractivity contribution is 8.15. The monoisotopic (exact) mass is 349 g/mol. The van der Waals surface area contributed by atoms with Crippen LogP contribution in [-0.2, 0) is 15.0 Å². The van der Waals surface area contributed by atoms with Crippen molar-refractivity contribution < 1.29 is 19.8 Å². The van der Waals surface area contributed by atoms with Crippen LogP contribution in [0.15, 0.2) is 28.4 Å². The average Bonchev–Trinajstić information content (AvgIpc) is 2.77. The third-order valence-corrected chi connectivity index (χ3v) is 4.39. The number of phenolic OH excluding ortho intramolecular Hbond substituents is 1. The summed E-state index contributed by atoms with van der Waals surface area (Å²) in [7, 11) is 0. The molecular formula is C16H19N3O4S. The molecule has 1 atom stereocenters. The molecule has 0 spiro atoms. The highest BCUT2D eigenvalue weighted by Crippen LogP contribution is 2.30. The fourth-order valence-electron chi connectivity index (χ4n) is 2.16. The number of nitrogens with zero attached hydrogens (tertiary/aromatic N) is 2. The minimum Gasteiger partial charge on any atom is -0.508 e. The maximum atomic E-state index is 11.6. The largest absolute Gasteiger partial charge is 0.508 e. The van der Waals surface area contributed by atoms with Gasteiger partial charge in [-0.3, -0.25) is 9.59 Å². The molecule has 1 aromatic rings. The highest BCUT2D eigenvalue weighted by atomic mass is 32.2. The van der Waals surface area contributed by atoms with Crippen LogP contribution in [0.2, 0.25) is 0 Å². The number of rotatable bonds is 4. The summed E-state index contributed by atoms with van der Waals surface area (Å²) in [5.74, 6) is -1.24. The Morgan fingerprint density at radius 2 is 2.12 bits per heavy atom. The van der Waals surface area contributed by atoms with Gasteiger partial charge in [0.15, 0.2) is 5.17 Å². The number of aliphatic carboxylic acids is 1. The molecule has 2 rings (SSSR count). The van der Waals surface area contributed by atoms with Gasteiger partial charge >= 0.3 is 5.97 Å². The number of phenols is 1. The van der Waals surface area contributed by atoms with Crippen LogP contribution in [0, 0.1) is 0 Å². The molecule has 0 aromatic heterocycles. The van der Waals surface area contributed by atoms with Crippen molar-refractivity contribution in [1.82, 2.24) is 5.32 Å². The summed E-state index contributed by atoms with van der Waals surface area (Å²) < 4.78 is 0. The van der Waals surface area contributed by atoms with E-state index in [4.69, 9.17) is 5.11 Å². The summed E-state index contributed by atoms with van der Waals surface area (Å²) in [5.41, 5.74) is 1.34. The second-order valence-corrected chi connectivity index (χ2v) is 7.56. The Kier molecular flexibility index (Phi) is 5.28. The number of thioether (sulfide) groups is 1. The number of benzene rings is 1. The molecule has 1 aliphatic rings. The molecule has 1 amide bonds. The van der Waals surface area contributed by atoms with Crippen molar-refractivity contribution in [3.05, 3.63) is 29.3 Å². The van der Waals surface area contributed by atoms with E-state index in [0.717, 1.165) is 17.3 Å². The predicted octanol–water partition coefficient (Wildman–Crippen LogP) is 2.09. The normalized spacial score (nSPS) is 19.9. The van der Waals surface area contributed by atoms with E-state index in [1.165, 1.54) is 6.21 Å². The molecule has 0 aliphatic carbocycles. The van der Waals surface area contributed by atoms with Crippen LogP contribution in [0.25, 0.3) is 0 Å². The van der Waals surface area contributed by atoms with Crippen LogP contribution in [0.5, 0.6) is 5.75 Å². The van der Waals surface area contributed by atoms with Gasteiger partial charge in [-0.25, -0.2) is 0 Å². The van der Waals surface area contributed by atoms with Crippen LogP contribution >= 0.6 is 11.8 Å². The molecule has 0 saturated carbocycles. The maximum Gasteiger partial charge on any atom is 0.305 e. The molecule has 1 saturated heterocycles. The quantitative estimate of drug-likeness (QED) is 0.569. The molecule has 1 heterocycles. The van der Waals surface area contributed by atoms with Gasteiger partial charge in [-0.1, -0.05) is 44.7 Å². The lowest BCUT2D eigenvalue weighted by Gasteiger charge is -2.20. The van der Waals surface area contributed by atoms with E-state index in [0.29, 0.717) is 5.56 Å². The molecule has 8 heteroatoms. The first-order valence-electron chi connectivity index (χ1n) is 7.30. The van der Waals surface area contributed by atoms with Gasteiger partial charge in [-0.2, -0.15) is 5.10 Å². The Bertz CT molecular complexity index is 723. The highest BCUT2D eigenvalue weighted by Gasteiger charge is 2.32. The summed E-state index contributed by atoms with van der Waals surface area (Å²) in [6.07, 6.45) is 1.19. The van der Waals surface area contributed by atoms with Crippen molar-refractivity contribution in [3.63, 3.8) is 0 Å². The number of carboxylic acid groups (broad SMARTS) is 1. The number of amides is 1. The van der Waals surface area contributed by atoms with Crippen LogP contribution in [0.4, 0.5) is 0 Å². The van der Waals surface area contributed by atoms with Gasteiger partial charge in [0.25, 0.3) is 0 Å². The van der Waals surface area contributed by atoms with Gasteiger partial charge in [-0.05, 0) is 22.6 Å². The standard InChI is InChI=1S/C16H19N3O4S/c1-16(2,3)10-5-4-9(6-11(10)20)8-17-19-15-18-14(23)12(24-15)7-13(21)22/h4-6,8,12,20H,7H2,1-3H3,(H,21,22)(H,18,19,23)/b17-8+. The smallest absolute Gasteiger partial charge is 0.305 e. The molecule has 0 radical (unpaired) electrons. The minimum atomic E-state index is -1.04. The van der Waals surface area contributed by atoms with Crippen molar-refractivity contribution in [2.24, 2.45) is 10.2 Å². The second-order valence-electron chi connectivity index (χ2n) is 6.37. The fraction of sp³-hybridized carbons (Fsp3) is 0.375. The van der Waals surface area contributed by atoms with E-state index in [1.54, 1.807) is 6.07 Å². The third kappa shape index (κ3) is 4.58. The lowest BCUT2D eigenvalue weighted by molar-refractivity contribution is -0.138. The molecule has 0 bridgehead atoms. The predicted molar refractivity (Wildman–Crippen MR) is 93.6 cm³/mol. The van der Waals surface area contributed by atoms with Crippen LogP contribution < -0.4 is 5.32 Å². The number of nitrogens with one attached hydrogen (secondary N) is 1. The average molecular weight is 349 g/mol. The Morgan fingerprint density at radius 1 is 1.42 bits per heavy atom. The molecule has 1 aromatic carbocycles. The van der Waals surface area contributed by atoms with Gasteiger partial charge < -0.3 is 15.5 Å². The van der Waals surface area contributed by atoms with Crippen molar-refractivity contribution in [1.29, 1.82) is 0 Å². The van der Waals surface area contributed by atoms with E-state index >= 15 is 0 Å². The number of carboxylic acids is 1. The molecule has 1 unspecified atom stereocenters. The van der Waals surface area contributed by atoms with E-state index in [-0.39, 0.29) is 28.7 Å². The third-order valence-electron chi connectivity index (χ3n) is 3.32. The van der Waals surface area contributed by atoms with E-state index < -0.39 is 11.2 Å².